The predicted molar refractivity (Wildman–Crippen MR) is 96.0 cm³/mol. The first-order chi connectivity index (χ1) is 12.6. The van der Waals surface area contributed by atoms with E-state index in [0.29, 0.717) is 12.4 Å². The fourth-order valence-corrected chi connectivity index (χ4v) is 3.65. The SMILES string of the molecule is CCOc1cc2c(cc1CN1CC[C@H](c3cc(=O)[nH]c(C)n3)C1)OCO2. The topological polar surface area (TPSA) is 76.7 Å². The van der Waals surface area contributed by atoms with Crippen LogP contribution in [0.4, 0.5) is 0 Å². The first-order valence-corrected chi connectivity index (χ1v) is 8.98. The summed E-state index contributed by atoms with van der Waals surface area (Å²) in [7, 11) is 0. The average Bonchev–Trinajstić information content (AvgIpc) is 3.23. The van der Waals surface area contributed by atoms with Gasteiger partial charge in [0, 0.05) is 36.7 Å². The molecule has 1 fully saturated rings. The zero-order valence-corrected chi connectivity index (χ0v) is 15.1. The quantitative estimate of drug-likeness (QED) is 0.884. The summed E-state index contributed by atoms with van der Waals surface area (Å²) in [6.07, 6.45) is 0.990. The highest BCUT2D eigenvalue weighted by Gasteiger charge is 2.27. The van der Waals surface area contributed by atoms with Crippen LogP contribution < -0.4 is 19.8 Å². The van der Waals surface area contributed by atoms with Gasteiger partial charge in [0.2, 0.25) is 6.79 Å². The van der Waals surface area contributed by atoms with E-state index in [2.05, 4.69) is 14.9 Å². The van der Waals surface area contributed by atoms with Gasteiger partial charge in [-0.05, 0) is 32.9 Å². The van der Waals surface area contributed by atoms with E-state index >= 15 is 0 Å². The maximum atomic E-state index is 11.7. The molecule has 1 atom stereocenters. The van der Waals surface area contributed by atoms with Crippen LogP contribution >= 0.6 is 0 Å². The lowest BCUT2D eigenvalue weighted by molar-refractivity contribution is 0.173. The molecule has 2 aromatic rings. The first-order valence-electron chi connectivity index (χ1n) is 8.98. The van der Waals surface area contributed by atoms with E-state index in [1.807, 2.05) is 26.0 Å². The molecule has 0 saturated carbocycles. The van der Waals surface area contributed by atoms with Crippen LogP contribution in [-0.2, 0) is 6.54 Å². The molecule has 1 saturated heterocycles. The number of aromatic nitrogens is 2. The average molecular weight is 357 g/mol. The number of hydrogen-bond donors (Lipinski definition) is 1. The van der Waals surface area contributed by atoms with Crippen LogP contribution in [0.1, 0.15) is 36.3 Å². The van der Waals surface area contributed by atoms with E-state index in [-0.39, 0.29) is 18.3 Å². The fraction of sp³-hybridized carbons (Fsp3) is 0.474. The Bertz CT molecular complexity index is 864. The number of nitrogens with one attached hydrogen (secondary N) is 1. The molecular weight excluding hydrogens is 334 g/mol. The molecule has 26 heavy (non-hydrogen) atoms. The van der Waals surface area contributed by atoms with Gasteiger partial charge in [-0.1, -0.05) is 0 Å². The van der Waals surface area contributed by atoms with E-state index in [9.17, 15) is 4.79 Å². The van der Waals surface area contributed by atoms with Crippen molar-refractivity contribution in [3.8, 4) is 17.2 Å². The summed E-state index contributed by atoms with van der Waals surface area (Å²) in [5, 5.41) is 0. The van der Waals surface area contributed by atoms with Gasteiger partial charge in [0.25, 0.3) is 5.56 Å². The summed E-state index contributed by atoms with van der Waals surface area (Å²) in [4.78, 5) is 21.3. The molecule has 7 heteroatoms. The van der Waals surface area contributed by atoms with Gasteiger partial charge in [-0.15, -0.1) is 0 Å². The Balaban J connectivity index is 1.51. The molecule has 0 radical (unpaired) electrons. The van der Waals surface area contributed by atoms with Gasteiger partial charge in [0.15, 0.2) is 11.5 Å². The molecule has 0 amide bonds. The summed E-state index contributed by atoms with van der Waals surface area (Å²) in [5.41, 5.74) is 1.89. The lowest BCUT2D eigenvalue weighted by atomic mass is 10.0. The Morgan fingerprint density at radius 1 is 1.31 bits per heavy atom. The Kier molecular flexibility index (Phi) is 4.55. The summed E-state index contributed by atoms with van der Waals surface area (Å²) in [6.45, 7) is 7.24. The van der Waals surface area contributed by atoms with Gasteiger partial charge in [-0.3, -0.25) is 9.69 Å². The van der Waals surface area contributed by atoms with Crippen molar-refractivity contribution in [2.75, 3.05) is 26.5 Å². The van der Waals surface area contributed by atoms with Crippen molar-refractivity contribution in [1.82, 2.24) is 14.9 Å². The molecule has 2 aliphatic heterocycles. The number of aryl methyl sites for hydroxylation is 1. The molecule has 1 aromatic heterocycles. The second-order valence-corrected chi connectivity index (χ2v) is 6.72. The van der Waals surface area contributed by atoms with Crippen LogP contribution in [0.2, 0.25) is 0 Å². The second-order valence-electron chi connectivity index (χ2n) is 6.72. The van der Waals surface area contributed by atoms with E-state index in [4.69, 9.17) is 14.2 Å². The number of benzene rings is 1. The van der Waals surface area contributed by atoms with Crippen LogP contribution in [0.25, 0.3) is 0 Å². The smallest absolute Gasteiger partial charge is 0.251 e. The van der Waals surface area contributed by atoms with Gasteiger partial charge in [-0.2, -0.15) is 0 Å². The Hall–Kier alpha value is -2.54. The van der Waals surface area contributed by atoms with E-state index in [1.54, 1.807) is 6.07 Å². The number of fused-ring (bicyclic) bond motifs is 1. The summed E-state index contributed by atoms with van der Waals surface area (Å²) < 4.78 is 16.8. The summed E-state index contributed by atoms with van der Waals surface area (Å²) >= 11 is 0. The minimum absolute atomic E-state index is 0.0830. The molecule has 1 aromatic carbocycles. The molecule has 0 bridgehead atoms. The molecule has 0 aliphatic carbocycles. The zero-order valence-electron chi connectivity index (χ0n) is 15.1. The Morgan fingerprint density at radius 3 is 2.88 bits per heavy atom. The van der Waals surface area contributed by atoms with Crippen LogP contribution in [0.3, 0.4) is 0 Å². The molecule has 4 rings (SSSR count). The standard InChI is InChI=1S/C19H23N3O4/c1-3-24-16-8-18-17(25-11-26-18)6-14(16)10-22-5-4-13(9-22)15-7-19(23)21-12(2)20-15/h6-8,13H,3-5,9-11H2,1-2H3,(H,20,21,23)/t13-/m0/s1. The lowest BCUT2D eigenvalue weighted by Gasteiger charge is -2.19. The highest BCUT2D eigenvalue weighted by molar-refractivity contribution is 5.51. The highest BCUT2D eigenvalue weighted by Crippen LogP contribution is 2.39. The normalized spacial score (nSPS) is 19.1. The third kappa shape index (κ3) is 3.39. The Labute approximate surface area is 151 Å². The minimum Gasteiger partial charge on any atom is -0.493 e. The highest BCUT2D eigenvalue weighted by atomic mass is 16.7. The molecule has 0 spiro atoms. The van der Waals surface area contributed by atoms with Crippen molar-refractivity contribution >= 4 is 0 Å². The molecular formula is C19H23N3O4. The van der Waals surface area contributed by atoms with E-state index in [0.717, 1.165) is 54.6 Å². The van der Waals surface area contributed by atoms with Gasteiger partial charge in [0.05, 0.1) is 12.3 Å². The fourth-order valence-electron chi connectivity index (χ4n) is 3.65. The third-order valence-corrected chi connectivity index (χ3v) is 4.82. The first kappa shape index (κ1) is 16.9. The maximum Gasteiger partial charge on any atom is 0.251 e. The molecule has 2 aliphatic rings. The monoisotopic (exact) mass is 357 g/mol. The van der Waals surface area contributed by atoms with Crippen molar-refractivity contribution in [3.63, 3.8) is 0 Å². The molecule has 138 valence electrons. The third-order valence-electron chi connectivity index (χ3n) is 4.82. The maximum absolute atomic E-state index is 11.7. The van der Waals surface area contributed by atoms with Crippen molar-refractivity contribution in [1.29, 1.82) is 0 Å². The van der Waals surface area contributed by atoms with Gasteiger partial charge in [0.1, 0.15) is 11.6 Å². The number of rotatable bonds is 5. The number of ether oxygens (including phenoxy) is 3. The zero-order chi connectivity index (χ0) is 18.1. The van der Waals surface area contributed by atoms with Crippen LogP contribution in [0.15, 0.2) is 23.0 Å². The van der Waals surface area contributed by atoms with Crippen LogP contribution in [-0.4, -0.2) is 41.4 Å². The van der Waals surface area contributed by atoms with Crippen molar-refractivity contribution in [3.05, 3.63) is 45.6 Å². The van der Waals surface area contributed by atoms with E-state index in [1.165, 1.54) is 0 Å². The molecule has 7 nitrogen and oxygen atoms in total. The van der Waals surface area contributed by atoms with Crippen LogP contribution in [0, 0.1) is 6.92 Å². The summed E-state index contributed by atoms with van der Waals surface area (Å²) in [6, 6.07) is 5.54. The van der Waals surface area contributed by atoms with E-state index < -0.39 is 0 Å². The molecule has 1 N–H and O–H groups in total. The van der Waals surface area contributed by atoms with Gasteiger partial charge < -0.3 is 19.2 Å². The number of likely N-dealkylation sites (tertiary alicyclic amines) is 1. The van der Waals surface area contributed by atoms with Crippen LogP contribution in [0.5, 0.6) is 17.2 Å². The number of nitrogens with zero attached hydrogens (tertiary/aromatic N) is 2. The summed E-state index contributed by atoms with van der Waals surface area (Å²) in [5.74, 6) is 3.29. The predicted octanol–water partition coefficient (Wildman–Crippen LogP) is 2.20. The molecule has 0 unspecified atom stereocenters. The van der Waals surface area contributed by atoms with Crippen molar-refractivity contribution in [2.24, 2.45) is 0 Å². The van der Waals surface area contributed by atoms with Crippen molar-refractivity contribution in [2.45, 2.75) is 32.7 Å². The Morgan fingerprint density at radius 2 is 2.12 bits per heavy atom. The second kappa shape index (κ2) is 6.99. The largest absolute Gasteiger partial charge is 0.493 e. The minimum atomic E-state index is -0.0830. The molecule has 3 heterocycles. The van der Waals surface area contributed by atoms with Crippen molar-refractivity contribution < 1.29 is 14.2 Å². The number of H-pyrrole nitrogens is 1. The van der Waals surface area contributed by atoms with Gasteiger partial charge in [-0.25, -0.2) is 4.98 Å². The lowest BCUT2D eigenvalue weighted by Crippen LogP contribution is -2.21. The number of hydrogen-bond acceptors (Lipinski definition) is 6. The number of aromatic amines is 1. The van der Waals surface area contributed by atoms with Gasteiger partial charge >= 0.3 is 0 Å².